The van der Waals surface area contributed by atoms with Crippen LogP contribution in [0.25, 0.3) is 5.70 Å². The largest absolute Gasteiger partial charge is 0.507 e. The second-order valence-electron chi connectivity index (χ2n) is 4.11. The van der Waals surface area contributed by atoms with Crippen LogP contribution < -0.4 is 0 Å². The summed E-state index contributed by atoms with van der Waals surface area (Å²) in [5, 5.41) is 9.81. The molecule has 0 radical (unpaired) electrons. The predicted octanol–water partition coefficient (Wildman–Crippen LogP) is 3.10. The van der Waals surface area contributed by atoms with Gasteiger partial charge in [0.25, 0.3) is 0 Å². The summed E-state index contributed by atoms with van der Waals surface area (Å²) in [5.74, 6) is 0.420. The van der Waals surface area contributed by atoms with Crippen LogP contribution in [-0.4, -0.2) is 23.1 Å². The van der Waals surface area contributed by atoms with Crippen LogP contribution in [0, 0.1) is 0 Å². The van der Waals surface area contributed by atoms with E-state index in [4.69, 9.17) is 0 Å². The number of hydrogen-bond donors (Lipinski definition) is 1. The molecule has 2 nitrogen and oxygen atoms in total. The standard InChI is InChI=1S/C13H12INO/c14-12-11(16)6-8-15-7-5-9-3-1-2-4-10(9)13(12)15/h1-4,6,16H,5,7-8H2. The molecule has 0 aromatic heterocycles. The first-order valence-corrected chi connectivity index (χ1v) is 6.48. The van der Waals surface area contributed by atoms with Gasteiger partial charge in [-0.2, -0.15) is 0 Å². The number of rotatable bonds is 0. The highest BCUT2D eigenvalue weighted by molar-refractivity contribution is 14.1. The fourth-order valence-electron chi connectivity index (χ4n) is 2.35. The molecule has 3 rings (SSSR count). The van der Waals surface area contributed by atoms with Crippen molar-refractivity contribution in [2.24, 2.45) is 0 Å². The molecule has 16 heavy (non-hydrogen) atoms. The molecule has 0 saturated heterocycles. The van der Waals surface area contributed by atoms with Crippen LogP contribution in [0.15, 0.2) is 39.7 Å². The summed E-state index contributed by atoms with van der Waals surface area (Å²) in [5.41, 5.74) is 3.86. The molecule has 0 saturated carbocycles. The molecule has 82 valence electrons. The van der Waals surface area contributed by atoms with Crippen LogP contribution in [0.2, 0.25) is 0 Å². The van der Waals surface area contributed by atoms with Crippen LogP contribution in [0.1, 0.15) is 11.1 Å². The molecule has 0 aliphatic carbocycles. The molecule has 0 amide bonds. The minimum Gasteiger partial charge on any atom is -0.507 e. The Hall–Kier alpha value is -0.970. The van der Waals surface area contributed by atoms with Crippen LogP contribution in [-0.2, 0) is 6.42 Å². The van der Waals surface area contributed by atoms with Crippen molar-refractivity contribution in [2.45, 2.75) is 6.42 Å². The van der Waals surface area contributed by atoms with E-state index in [1.54, 1.807) is 0 Å². The summed E-state index contributed by atoms with van der Waals surface area (Å²) in [6.45, 7) is 1.87. The summed E-state index contributed by atoms with van der Waals surface area (Å²) in [6.07, 6.45) is 2.98. The highest BCUT2D eigenvalue weighted by Gasteiger charge is 2.26. The van der Waals surface area contributed by atoms with Crippen molar-refractivity contribution in [3.05, 3.63) is 50.8 Å². The topological polar surface area (TPSA) is 23.5 Å². The van der Waals surface area contributed by atoms with E-state index in [1.165, 1.54) is 16.8 Å². The van der Waals surface area contributed by atoms with Crippen molar-refractivity contribution < 1.29 is 5.11 Å². The lowest BCUT2D eigenvalue weighted by Crippen LogP contribution is -2.32. The van der Waals surface area contributed by atoms with Crippen molar-refractivity contribution in [3.8, 4) is 0 Å². The van der Waals surface area contributed by atoms with E-state index in [0.717, 1.165) is 23.1 Å². The fourth-order valence-corrected chi connectivity index (χ4v) is 3.21. The molecule has 0 fully saturated rings. The number of halogens is 1. The molecule has 2 aliphatic rings. The van der Waals surface area contributed by atoms with Crippen molar-refractivity contribution >= 4 is 28.3 Å². The molecule has 0 atom stereocenters. The monoisotopic (exact) mass is 325 g/mol. The number of fused-ring (bicyclic) bond motifs is 3. The highest BCUT2D eigenvalue weighted by atomic mass is 127. The lowest BCUT2D eigenvalue weighted by Gasteiger charge is -2.35. The number of hydrogen-bond acceptors (Lipinski definition) is 2. The van der Waals surface area contributed by atoms with E-state index >= 15 is 0 Å². The number of aliphatic hydroxyl groups is 1. The second-order valence-corrected chi connectivity index (χ2v) is 5.18. The van der Waals surface area contributed by atoms with E-state index in [9.17, 15) is 5.11 Å². The van der Waals surface area contributed by atoms with Crippen molar-refractivity contribution in [2.75, 3.05) is 13.1 Å². The molecule has 1 aromatic rings. The molecule has 0 bridgehead atoms. The molecule has 2 heterocycles. The van der Waals surface area contributed by atoms with E-state index in [1.807, 2.05) is 6.08 Å². The maximum absolute atomic E-state index is 9.81. The van der Waals surface area contributed by atoms with Gasteiger partial charge in [0.15, 0.2) is 0 Å². The van der Waals surface area contributed by atoms with Gasteiger partial charge in [-0.1, -0.05) is 24.3 Å². The van der Waals surface area contributed by atoms with Crippen LogP contribution >= 0.6 is 22.6 Å². The summed E-state index contributed by atoms with van der Waals surface area (Å²) in [4.78, 5) is 2.34. The number of nitrogens with zero attached hydrogens (tertiary/aromatic N) is 1. The van der Waals surface area contributed by atoms with Gasteiger partial charge in [0, 0.05) is 18.7 Å². The average molecular weight is 325 g/mol. The van der Waals surface area contributed by atoms with Gasteiger partial charge in [0.2, 0.25) is 0 Å². The Kier molecular flexibility index (Phi) is 2.42. The Labute approximate surface area is 108 Å². The zero-order valence-electron chi connectivity index (χ0n) is 8.78. The van der Waals surface area contributed by atoms with E-state index in [0.29, 0.717) is 5.76 Å². The summed E-state index contributed by atoms with van der Waals surface area (Å²) in [6, 6.07) is 8.47. The van der Waals surface area contributed by atoms with E-state index in [-0.39, 0.29) is 0 Å². The molecule has 3 heteroatoms. The SMILES string of the molecule is OC1=CCN2CCc3ccccc3C2=C1I. The molecular formula is C13H12INO. The minimum atomic E-state index is 0.420. The van der Waals surface area contributed by atoms with Gasteiger partial charge in [-0.25, -0.2) is 0 Å². The smallest absolute Gasteiger partial charge is 0.128 e. The molecule has 0 unspecified atom stereocenters. The first kappa shape index (κ1) is 10.2. The van der Waals surface area contributed by atoms with Crippen molar-refractivity contribution in [1.82, 2.24) is 4.90 Å². The first-order valence-electron chi connectivity index (χ1n) is 5.40. The lowest BCUT2D eigenvalue weighted by molar-refractivity contribution is 0.382. The summed E-state index contributed by atoms with van der Waals surface area (Å²) in [7, 11) is 0. The Bertz CT molecular complexity index is 504. The van der Waals surface area contributed by atoms with Crippen molar-refractivity contribution in [1.29, 1.82) is 0 Å². The van der Waals surface area contributed by atoms with Gasteiger partial charge >= 0.3 is 0 Å². The van der Waals surface area contributed by atoms with Crippen molar-refractivity contribution in [3.63, 3.8) is 0 Å². The highest BCUT2D eigenvalue weighted by Crippen LogP contribution is 2.38. The van der Waals surface area contributed by atoms with Gasteiger partial charge in [-0.05, 0) is 40.7 Å². The molecule has 1 N–H and O–H groups in total. The van der Waals surface area contributed by atoms with Crippen LogP contribution in [0.3, 0.4) is 0 Å². The Morgan fingerprint density at radius 1 is 1.25 bits per heavy atom. The molecular weight excluding hydrogens is 313 g/mol. The van der Waals surface area contributed by atoms with Gasteiger partial charge in [-0.3, -0.25) is 0 Å². The maximum Gasteiger partial charge on any atom is 0.128 e. The van der Waals surface area contributed by atoms with Gasteiger partial charge < -0.3 is 10.0 Å². The van der Waals surface area contributed by atoms with Gasteiger partial charge in [0.1, 0.15) is 5.76 Å². The number of allylic oxidation sites excluding steroid dienone is 1. The third-order valence-electron chi connectivity index (χ3n) is 3.18. The van der Waals surface area contributed by atoms with Crippen LogP contribution in [0.5, 0.6) is 0 Å². The lowest BCUT2D eigenvalue weighted by atomic mass is 9.95. The fraction of sp³-hybridized carbons (Fsp3) is 0.231. The Morgan fingerprint density at radius 3 is 2.94 bits per heavy atom. The Morgan fingerprint density at radius 2 is 2.06 bits per heavy atom. The molecule has 0 spiro atoms. The normalized spacial score (nSPS) is 19.1. The molecule has 2 aliphatic heterocycles. The summed E-state index contributed by atoms with van der Waals surface area (Å²) >= 11 is 2.23. The van der Waals surface area contributed by atoms with E-state index in [2.05, 4.69) is 51.8 Å². The second kappa shape index (κ2) is 3.80. The zero-order valence-corrected chi connectivity index (χ0v) is 10.9. The molecule has 1 aromatic carbocycles. The third-order valence-corrected chi connectivity index (χ3v) is 4.24. The minimum absolute atomic E-state index is 0.420. The Balaban J connectivity index is 2.22. The number of aliphatic hydroxyl groups excluding tert-OH is 1. The quantitative estimate of drug-likeness (QED) is 0.741. The number of benzene rings is 1. The van der Waals surface area contributed by atoms with Gasteiger partial charge in [-0.15, -0.1) is 0 Å². The summed E-state index contributed by atoms with van der Waals surface area (Å²) < 4.78 is 0.969. The predicted molar refractivity (Wildman–Crippen MR) is 73.4 cm³/mol. The van der Waals surface area contributed by atoms with E-state index < -0.39 is 0 Å². The third kappa shape index (κ3) is 1.45. The first-order chi connectivity index (χ1) is 7.77. The van der Waals surface area contributed by atoms with Crippen LogP contribution in [0.4, 0.5) is 0 Å². The zero-order chi connectivity index (χ0) is 11.1. The van der Waals surface area contributed by atoms with Gasteiger partial charge in [0.05, 0.1) is 9.28 Å². The average Bonchev–Trinajstić information content (AvgIpc) is 2.33. The maximum atomic E-state index is 9.81.